The second-order valence-corrected chi connectivity index (χ2v) is 6.69. The van der Waals surface area contributed by atoms with Crippen molar-refractivity contribution in [1.29, 1.82) is 0 Å². The second-order valence-electron chi connectivity index (χ2n) is 6.69. The highest BCUT2D eigenvalue weighted by Crippen LogP contribution is 2.30. The molecule has 0 unspecified atom stereocenters. The van der Waals surface area contributed by atoms with Gasteiger partial charge in [-0.3, -0.25) is 14.8 Å². The van der Waals surface area contributed by atoms with Crippen molar-refractivity contribution in [2.75, 3.05) is 6.54 Å². The average molecular weight is 364 g/mol. The molecule has 0 bridgehead atoms. The van der Waals surface area contributed by atoms with Gasteiger partial charge in [-0.1, -0.05) is 0 Å². The molecule has 1 heterocycles. The van der Waals surface area contributed by atoms with Crippen LogP contribution in [0.4, 0.5) is 14.9 Å². The summed E-state index contributed by atoms with van der Waals surface area (Å²) in [4.78, 5) is 22.1. The van der Waals surface area contributed by atoms with Gasteiger partial charge in [0.2, 0.25) is 0 Å². The first-order chi connectivity index (χ1) is 12.2. The predicted octanol–water partition coefficient (Wildman–Crippen LogP) is 3.51. The molecule has 0 spiro atoms. The number of nitrogens with one attached hydrogen (secondary N) is 1. The highest BCUT2D eigenvalue weighted by Gasteiger charge is 2.18. The van der Waals surface area contributed by atoms with Crippen LogP contribution in [-0.2, 0) is 11.3 Å². The van der Waals surface area contributed by atoms with Gasteiger partial charge >= 0.3 is 6.09 Å². The minimum Gasteiger partial charge on any atom is -0.444 e. The van der Waals surface area contributed by atoms with Crippen molar-refractivity contribution in [3.63, 3.8) is 0 Å². The fourth-order valence-electron chi connectivity index (χ4n) is 2.27. The molecule has 0 aliphatic heterocycles. The molecule has 1 N–H and O–H groups in total. The third-order valence-corrected chi connectivity index (χ3v) is 3.33. The first-order valence-electron chi connectivity index (χ1n) is 8.09. The Morgan fingerprint density at radius 3 is 2.81 bits per heavy atom. The molecule has 0 fully saturated rings. The molecule has 26 heavy (non-hydrogen) atoms. The second kappa shape index (κ2) is 7.94. The van der Waals surface area contributed by atoms with E-state index in [1.165, 1.54) is 6.20 Å². The quantitative estimate of drug-likeness (QED) is 0.480. The molecule has 140 valence electrons. The lowest BCUT2D eigenvalue weighted by atomic mass is 10.1. The molecular formula is C17H21FN4O4. The Balaban J connectivity index is 1.94. The fraction of sp³-hybridized carbons (Fsp3) is 0.412. The molecular weight excluding hydrogens is 343 g/mol. The van der Waals surface area contributed by atoms with Gasteiger partial charge in [0.15, 0.2) is 0 Å². The van der Waals surface area contributed by atoms with Crippen molar-refractivity contribution in [2.45, 2.75) is 39.3 Å². The Bertz CT molecular complexity index is 798. The monoisotopic (exact) mass is 364 g/mol. The topological polar surface area (TPSA) is 99.3 Å². The van der Waals surface area contributed by atoms with Crippen LogP contribution in [0.2, 0.25) is 0 Å². The maximum absolute atomic E-state index is 13.4. The molecule has 0 saturated carbocycles. The van der Waals surface area contributed by atoms with E-state index in [1.54, 1.807) is 31.6 Å². The number of benzene rings is 1. The van der Waals surface area contributed by atoms with E-state index in [0.717, 1.165) is 18.2 Å². The minimum atomic E-state index is -0.559. The first kappa shape index (κ1) is 19.4. The van der Waals surface area contributed by atoms with Crippen molar-refractivity contribution >= 4 is 11.8 Å². The van der Waals surface area contributed by atoms with Crippen LogP contribution in [0.5, 0.6) is 0 Å². The van der Waals surface area contributed by atoms with Crippen molar-refractivity contribution < 1.29 is 18.8 Å². The van der Waals surface area contributed by atoms with Gasteiger partial charge in [-0.05, 0) is 39.3 Å². The van der Waals surface area contributed by atoms with Crippen LogP contribution >= 0.6 is 0 Å². The molecule has 8 nitrogen and oxygen atoms in total. The summed E-state index contributed by atoms with van der Waals surface area (Å²) in [6.07, 6.45) is 3.15. The standard InChI is InChI=1S/C17H21FN4O4/c1-17(2,3)26-16(23)19-7-4-8-21-11-12(10-20-21)14-9-13(18)5-6-15(14)22(24)25/h5-6,9-11H,4,7-8H2,1-3H3,(H,19,23). The number of alkyl carbamates (subject to hydrolysis) is 1. The average Bonchev–Trinajstić information content (AvgIpc) is 2.98. The van der Waals surface area contributed by atoms with Crippen molar-refractivity contribution in [3.8, 4) is 11.1 Å². The Labute approximate surface area is 150 Å². The number of amides is 1. The number of ether oxygens (including phenoxy) is 1. The molecule has 1 aromatic heterocycles. The molecule has 2 aromatic rings. The van der Waals surface area contributed by atoms with Crippen LogP contribution in [0.1, 0.15) is 27.2 Å². The normalized spacial score (nSPS) is 11.2. The SMILES string of the molecule is CC(C)(C)OC(=O)NCCCn1cc(-c2cc(F)ccc2[N+](=O)[O-])cn1. The van der Waals surface area contributed by atoms with Crippen molar-refractivity contribution in [1.82, 2.24) is 15.1 Å². The van der Waals surface area contributed by atoms with E-state index in [4.69, 9.17) is 4.74 Å². The molecule has 0 aliphatic rings. The van der Waals surface area contributed by atoms with Crippen molar-refractivity contribution in [2.24, 2.45) is 0 Å². The Kier molecular flexibility index (Phi) is 5.91. The number of nitro benzene ring substituents is 1. The number of nitrogens with zero attached hydrogens (tertiary/aromatic N) is 3. The van der Waals surface area contributed by atoms with E-state index >= 15 is 0 Å². The summed E-state index contributed by atoms with van der Waals surface area (Å²) in [5.74, 6) is -0.556. The van der Waals surface area contributed by atoms with Gasteiger partial charge in [-0.2, -0.15) is 5.10 Å². The van der Waals surface area contributed by atoms with Gasteiger partial charge in [0.05, 0.1) is 16.7 Å². The Morgan fingerprint density at radius 1 is 1.42 bits per heavy atom. The summed E-state index contributed by atoms with van der Waals surface area (Å²) in [7, 11) is 0. The molecule has 0 radical (unpaired) electrons. The zero-order chi connectivity index (χ0) is 19.3. The molecule has 1 aromatic carbocycles. The van der Waals surface area contributed by atoms with E-state index in [0.29, 0.717) is 25.1 Å². The number of rotatable bonds is 6. The van der Waals surface area contributed by atoms with E-state index in [1.807, 2.05) is 0 Å². The number of aromatic nitrogens is 2. The zero-order valence-electron chi connectivity index (χ0n) is 14.9. The molecule has 2 rings (SSSR count). The number of halogens is 1. The highest BCUT2D eigenvalue weighted by atomic mass is 19.1. The lowest BCUT2D eigenvalue weighted by molar-refractivity contribution is -0.384. The number of aryl methyl sites for hydroxylation is 1. The molecule has 0 atom stereocenters. The summed E-state index contributed by atoms with van der Waals surface area (Å²) >= 11 is 0. The third kappa shape index (κ3) is 5.54. The van der Waals surface area contributed by atoms with Gasteiger partial charge in [0, 0.05) is 30.9 Å². The van der Waals surface area contributed by atoms with Crippen LogP contribution in [0, 0.1) is 15.9 Å². The molecule has 0 saturated heterocycles. The number of carbonyl (C=O) groups excluding carboxylic acids is 1. The third-order valence-electron chi connectivity index (χ3n) is 3.33. The van der Waals surface area contributed by atoms with Gasteiger partial charge in [0.1, 0.15) is 11.4 Å². The van der Waals surface area contributed by atoms with E-state index in [2.05, 4.69) is 10.4 Å². The molecule has 0 aliphatic carbocycles. The van der Waals surface area contributed by atoms with Crippen LogP contribution < -0.4 is 5.32 Å². The fourth-order valence-corrected chi connectivity index (χ4v) is 2.27. The van der Waals surface area contributed by atoms with Gasteiger partial charge in [-0.25, -0.2) is 9.18 Å². The first-order valence-corrected chi connectivity index (χ1v) is 8.09. The van der Waals surface area contributed by atoms with E-state index in [-0.39, 0.29) is 11.3 Å². The smallest absolute Gasteiger partial charge is 0.407 e. The van der Waals surface area contributed by atoms with Gasteiger partial charge in [0.25, 0.3) is 5.69 Å². The Morgan fingerprint density at radius 2 is 2.15 bits per heavy atom. The van der Waals surface area contributed by atoms with Crippen LogP contribution in [0.3, 0.4) is 0 Å². The maximum atomic E-state index is 13.4. The highest BCUT2D eigenvalue weighted by molar-refractivity contribution is 5.72. The summed E-state index contributed by atoms with van der Waals surface area (Å²) in [6.45, 7) is 6.22. The molecule has 1 amide bonds. The summed E-state index contributed by atoms with van der Waals surface area (Å²) in [6, 6.07) is 3.30. The summed E-state index contributed by atoms with van der Waals surface area (Å²) < 4.78 is 20.2. The summed E-state index contributed by atoms with van der Waals surface area (Å²) in [5, 5.41) is 17.9. The lowest BCUT2D eigenvalue weighted by Crippen LogP contribution is -2.33. The number of nitro groups is 1. The number of hydrogen-bond donors (Lipinski definition) is 1. The van der Waals surface area contributed by atoms with E-state index < -0.39 is 22.4 Å². The summed E-state index contributed by atoms with van der Waals surface area (Å²) in [5.41, 5.74) is -0.109. The maximum Gasteiger partial charge on any atom is 0.407 e. The molecule has 9 heteroatoms. The number of carbonyl (C=O) groups is 1. The Hall–Kier alpha value is -2.97. The van der Waals surface area contributed by atoms with E-state index in [9.17, 15) is 19.3 Å². The van der Waals surface area contributed by atoms with Crippen molar-refractivity contribution in [3.05, 3.63) is 46.5 Å². The largest absolute Gasteiger partial charge is 0.444 e. The van der Waals surface area contributed by atoms with Gasteiger partial charge in [-0.15, -0.1) is 0 Å². The zero-order valence-corrected chi connectivity index (χ0v) is 14.9. The lowest BCUT2D eigenvalue weighted by Gasteiger charge is -2.19. The van der Waals surface area contributed by atoms with Crippen LogP contribution in [0.15, 0.2) is 30.6 Å². The number of hydrogen-bond acceptors (Lipinski definition) is 5. The van der Waals surface area contributed by atoms with Gasteiger partial charge < -0.3 is 10.1 Å². The van der Waals surface area contributed by atoms with Crippen LogP contribution in [0.25, 0.3) is 11.1 Å². The van der Waals surface area contributed by atoms with Crippen LogP contribution in [-0.4, -0.2) is 32.9 Å². The minimum absolute atomic E-state index is 0.174. The predicted molar refractivity (Wildman–Crippen MR) is 93.1 cm³/mol.